The number of carbonyl (C=O) groups excluding carboxylic acids is 2. The van der Waals surface area contributed by atoms with Crippen LogP contribution in [0.3, 0.4) is 0 Å². The van der Waals surface area contributed by atoms with Crippen molar-refractivity contribution in [2.45, 2.75) is 436 Å². The summed E-state index contributed by atoms with van der Waals surface area (Å²) in [6.45, 7) is 5.83. The number of esters is 1. The standard InChI is InChI=1S/C82H151NO10/c1-4-7-10-13-16-19-22-25-27-29-31-33-35-37-39-40-42-44-46-48-51-54-57-60-63-66-69-75(86)81(90)83-73(74(85)68-65-62-59-56-53-50-24-21-18-15-12-9-6-3)72-91-82-80(79(89)78(88)76(71-84)92-82)93-77(87)70-67-64-61-58-55-52-49-47-45-43-41-38-36-34-32-30-28-26-23-20-17-14-11-8-5-2/h16,19,25,27,31,33,37,39,65,68,73-76,78-80,82,84-86,88-89H,4-15,17-18,20-24,26,28-30,32,34-36,38,40-64,66-67,69-72H2,1-3H3,(H,83,90)/b19-16-,27-25-,33-31-,39-37-,68-65+. The number of carbonyl (C=O) groups is 2. The number of rotatable bonds is 70. The Morgan fingerprint density at radius 2 is 0.742 bits per heavy atom. The summed E-state index contributed by atoms with van der Waals surface area (Å²) >= 11 is 0. The second-order valence-electron chi connectivity index (χ2n) is 27.8. The van der Waals surface area contributed by atoms with E-state index in [1.54, 1.807) is 6.08 Å². The number of amides is 1. The van der Waals surface area contributed by atoms with Gasteiger partial charge in [-0.3, -0.25) is 9.59 Å². The van der Waals surface area contributed by atoms with Gasteiger partial charge in [0.25, 0.3) is 0 Å². The van der Waals surface area contributed by atoms with E-state index in [0.717, 1.165) is 83.5 Å². The summed E-state index contributed by atoms with van der Waals surface area (Å²) in [6.07, 6.45) is 79.9. The lowest BCUT2D eigenvalue weighted by atomic mass is 9.99. The molecule has 6 N–H and O–H groups in total. The Bertz CT molecular complexity index is 1750. The largest absolute Gasteiger partial charge is 0.454 e. The van der Waals surface area contributed by atoms with E-state index in [2.05, 4.69) is 74.7 Å². The highest BCUT2D eigenvalue weighted by Crippen LogP contribution is 2.27. The third kappa shape index (κ3) is 56.0. The minimum Gasteiger partial charge on any atom is -0.454 e. The molecule has 8 unspecified atom stereocenters. The smallest absolute Gasteiger partial charge is 0.306 e. The van der Waals surface area contributed by atoms with E-state index >= 15 is 0 Å². The molecule has 0 aromatic carbocycles. The zero-order valence-corrected chi connectivity index (χ0v) is 60.9. The zero-order valence-electron chi connectivity index (χ0n) is 60.9. The molecule has 1 aliphatic heterocycles. The first-order chi connectivity index (χ1) is 45.7. The highest BCUT2D eigenvalue weighted by Gasteiger charge is 2.47. The zero-order chi connectivity index (χ0) is 67.4. The fourth-order valence-electron chi connectivity index (χ4n) is 12.6. The van der Waals surface area contributed by atoms with Crippen LogP contribution in [0.5, 0.6) is 0 Å². The maximum absolute atomic E-state index is 13.5. The SMILES string of the molecule is CCCCC/C=C\C/C=C\C/C=C\C/C=C\CCCCCCCCCCCCC(O)C(=O)NC(COC1OC(CO)C(O)C(O)C1OC(=O)CCCCCCCCCCCCCCCCCCCCCCCCCCC)C(O)/C=C/CCCCCCCCCCCCC. The number of aliphatic hydroxyl groups is 5. The van der Waals surface area contributed by atoms with Gasteiger partial charge in [-0.2, -0.15) is 0 Å². The third-order valence-corrected chi connectivity index (χ3v) is 18.9. The number of hydrogen-bond acceptors (Lipinski definition) is 10. The Labute approximate surface area is 573 Å². The monoisotopic (exact) mass is 1310 g/mol. The van der Waals surface area contributed by atoms with E-state index < -0.39 is 67.4 Å². The van der Waals surface area contributed by atoms with E-state index in [1.165, 1.54) is 257 Å². The molecule has 0 aromatic rings. The molecule has 1 heterocycles. The second-order valence-corrected chi connectivity index (χ2v) is 27.8. The van der Waals surface area contributed by atoms with Gasteiger partial charge in [0.05, 0.1) is 25.4 Å². The normalized spacial score (nSPS) is 18.1. The lowest BCUT2D eigenvalue weighted by Gasteiger charge is -2.41. The minimum atomic E-state index is -1.61. The predicted octanol–water partition coefficient (Wildman–Crippen LogP) is 21.6. The summed E-state index contributed by atoms with van der Waals surface area (Å²) in [5, 5.41) is 57.5. The highest BCUT2D eigenvalue weighted by molar-refractivity contribution is 5.80. The van der Waals surface area contributed by atoms with Crippen molar-refractivity contribution < 1.29 is 49.3 Å². The molecule has 0 spiro atoms. The quantitative estimate of drug-likeness (QED) is 0.0195. The van der Waals surface area contributed by atoms with Crippen LogP contribution in [0.1, 0.15) is 387 Å². The summed E-state index contributed by atoms with van der Waals surface area (Å²) in [6, 6.07) is -1.03. The molecule has 1 saturated heterocycles. The fourth-order valence-corrected chi connectivity index (χ4v) is 12.6. The molecule has 0 bridgehead atoms. The predicted molar refractivity (Wildman–Crippen MR) is 393 cm³/mol. The van der Waals surface area contributed by atoms with Gasteiger partial charge in [0.15, 0.2) is 12.4 Å². The number of hydrogen-bond donors (Lipinski definition) is 6. The van der Waals surface area contributed by atoms with Crippen LogP contribution >= 0.6 is 0 Å². The maximum Gasteiger partial charge on any atom is 0.306 e. The van der Waals surface area contributed by atoms with Gasteiger partial charge in [0, 0.05) is 6.42 Å². The Kier molecular flexibility index (Phi) is 65.8. The first kappa shape index (κ1) is 88.4. The lowest BCUT2D eigenvalue weighted by molar-refractivity contribution is -0.305. The van der Waals surface area contributed by atoms with Gasteiger partial charge in [-0.05, 0) is 70.6 Å². The van der Waals surface area contributed by atoms with Crippen LogP contribution in [0.15, 0.2) is 60.8 Å². The number of ether oxygens (including phenoxy) is 3. The van der Waals surface area contributed by atoms with E-state index in [9.17, 15) is 35.1 Å². The van der Waals surface area contributed by atoms with Gasteiger partial charge < -0.3 is 45.1 Å². The van der Waals surface area contributed by atoms with Crippen molar-refractivity contribution in [3.05, 3.63) is 60.8 Å². The van der Waals surface area contributed by atoms with Crippen molar-refractivity contribution >= 4 is 11.9 Å². The lowest BCUT2D eigenvalue weighted by Crippen LogP contribution is -2.61. The van der Waals surface area contributed by atoms with Crippen LogP contribution in [0.2, 0.25) is 0 Å². The Morgan fingerprint density at radius 3 is 1.13 bits per heavy atom. The van der Waals surface area contributed by atoms with E-state index in [0.29, 0.717) is 12.8 Å². The van der Waals surface area contributed by atoms with Crippen LogP contribution < -0.4 is 5.32 Å². The molecule has 0 saturated carbocycles. The van der Waals surface area contributed by atoms with Crippen LogP contribution in [0, 0.1) is 0 Å². The maximum atomic E-state index is 13.5. The van der Waals surface area contributed by atoms with Gasteiger partial charge in [0.1, 0.15) is 24.4 Å². The molecule has 1 aliphatic rings. The average Bonchev–Trinajstić information content (AvgIpc) is 0.910. The number of aliphatic hydroxyl groups excluding tert-OH is 5. The molecular formula is C82H151NO10. The van der Waals surface area contributed by atoms with Gasteiger partial charge in [-0.15, -0.1) is 0 Å². The minimum absolute atomic E-state index is 0.128. The summed E-state index contributed by atoms with van der Waals surface area (Å²) in [7, 11) is 0. The molecule has 11 nitrogen and oxygen atoms in total. The van der Waals surface area contributed by atoms with Crippen molar-refractivity contribution in [1.82, 2.24) is 5.32 Å². The van der Waals surface area contributed by atoms with Crippen molar-refractivity contribution in [2.75, 3.05) is 13.2 Å². The average molecular weight is 1310 g/mol. The van der Waals surface area contributed by atoms with Crippen molar-refractivity contribution in [2.24, 2.45) is 0 Å². The van der Waals surface area contributed by atoms with Gasteiger partial charge in [-0.25, -0.2) is 0 Å². The second kappa shape index (κ2) is 69.3. The molecule has 1 rings (SSSR count). The van der Waals surface area contributed by atoms with Gasteiger partial charge >= 0.3 is 5.97 Å². The van der Waals surface area contributed by atoms with E-state index in [4.69, 9.17) is 14.2 Å². The molecule has 544 valence electrons. The van der Waals surface area contributed by atoms with Gasteiger partial charge in [-0.1, -0.05) is 370 Å². The number of nitrogens with one attached hydrogen (secondary N) is 1. The van der Waals surface area contributed by atoms with Crippen molar-refractivity contribution in [1.29, 1.82) is 0 Å². The molecule has 0 aliphatic carbocycles. The van der Waals surface area contributed by atoms with E-state index in [-0.39, 0.29) is 19.4 Å². The first-order valence-corrected chi connectivity index (χ1v) is 40.1. The van der Waals surface area contributed by atoms with Crippen LogP contribution in [0.4, 0.5) is 0 Å². The molecule has 1 amide bonds. The fraction of sp³-hybridized carbons (Fsp3) is 0.854. The van der Waals surface area contributed by atoms with E-state index in [1.807, 2.05) is 6.08 Å². The third-order valence-electron chi connectivity index (χ3n) is 18.9. The topological polar surface area (TPSA) is 175 Å². The van der Waals surface area contributed by atoms with Gasteiger partial charge in [0.2, 0.25) is 5.91 Å². The number of allylic oxidation sites excluding steroid dienone is 9. The van der Waals surface area contributed by atoms with Crippen LogP contribution in [-0.2, 0) is 23.8 Å². The Balaban J connectivity index is 2.51. The highest BCUT2D eigenvalue weighted by atomic mass is 16.7. The summed E-state index contributed by atoms with van der Waals surface area (Å²) in [5.74, 6) is -1.18. The number of unbranched alkanes of at least 4 members (excludes halogenated alkanes) is 48. The summed E-state index contributed by atoms with van der Waals surface area (Å²) < 4.78 is 17.8. The Hall–Kier alpha value is -2.64. The molecule has 11 heteroatoms. The molecule has 8 atom stereocenters. The van der Waals surface area contributed by atoms with Crippen molar-refractivity contribution in [3.8, 4) is 0 Å². The summed E-state index contributed by atoms with van der Waals surface area (Å²) in [4.78, 5) is 26.8. The van der Waals surface area contributed by atoms with Crippen molar-refractivity contribution in [3.63, 3.8) is 0 Å². The molecule has 93 heavy (non-hydrogen) atoms. The van der Waals surface area contributed by atoms with Crippen LogP contribution in [-0.4, -0.2) is 99.6 Å². The Morgan fingerprint density at radius 1 is 0.419 bits per heavy atom. The molecule has 0 aromatic heterocycles. The van der Waals surface area contributed by atoms with Crippen LogP contribution in [0.25, 0.3) is 0 Å². The molecule has 1 fully saturated rings. The summed E-state index contributed by atoms with van der Waals surface area (Å²) in [5.41, 5.74) is 0. The molecular weight excluding hydrogens is 1160 g/mol. The first-order valence-electron chi connectivity index (χ1n) is 40.1. The molecule has 0 radical (unpaired) electrons.